The van der Waals surface area contributed by atoms with Gasteiger partial charge in [-0.1, -0.05) is 18.2 Å². The molecule has 2 aromatic carbocycles. The van der Waals surface area contributed by atoms with Crippen LogP contribution in [-0.4, -0.2) is 17.0 Å². The molecule has 0 fully saturated rings. The molecule has 5 heteroatoms. The van der Waals surface area contributed by atoms with Gasteiger partial charge in [-0.25, -0.2) is 9.18 Å². The number of aryl methyl sites for hydroxylation is 2. The predicted octanol–water partition coefficient (Wildman–Crippen LogP) is 3.58. The quantitative estimate of drug-likeness (QED) is 0.902. The Labute approximate surface area is 139 Å². The van der Waals surface area contributed by atoms with Crippen LogP contribution in [0.15, 0.2) is 36.4 Å². The molecule has 0 saturated carbocycles. The number of hydrogen-bond acceptors (Lipinski definition) is 2. The number of aromatic carboxylic acids is 1. The number of benzene rings is 2. The van der Waals surface area contributed by atoms with Crippen molar-refractivity contribution in [1.29, 1.82) is 0 Å². The molecular formula is C19H18FNO3. The third-order valence-corrected chi connectivity index (χ3v) is 4.27. The molecule has 0 heterocycles. The van der Waals surface area contributed by atoms with E-state index in [2.05, 4.69) is 17.4 Å². The second-order valence-electron chi connectivity index (χ2n) is 6.03. The lowest BCUT2D eigenvalue weighted by molar-refractivity contribution is -0.115. The fraction of sp³-hybridized carbons (Fsp3) is 0.263. The smallest absolute Gasteiger partial charge is 0.335 e. The maximum absolute atomic E-state index is 13.9. The number of nitrogens with one attached hydrogen (secondary N) is 1. The van der Waals surface area contributed by atoms with Gasteiger partial charge in [0.15, 0.2) is 0 Å². The average molecular weight is 327 g/mol. The van der Waals surface area contributed by atoms with Crippen LogP contribution in [0.5, 0.6) is 0 Å². The molecule has 0 aliphatic heterocycles. The number of carbonyl (C=O) groups is 2. The molecule has 0 radical (unpaired) electrons. The SMILES string of the molecule is O=C(Cc1ccc2c(c1)CCCC2)Nc1ccc(C(=O)O)cc1F. The van der Waals surface area contributed by atoms with E-state index in [0.29, 0.717) is 0 Å². The van der Waals surface area contributed by atoms with E-state index < -0.39 is 11.8 Å². The van der Waals surface area contributed by atoms with Gasteiger partial charge in [0, 0.05) is 0 Å². The third-order valence-electron chi connectivity index (χ3n) is 4.27. The van der Waals surface area contributed by atoms with Gasteiger partial charge in [0.2, 0.25) is 5.91 Å². The summed E-state index contributed by atoms with van der Waals surface area (Å²) < 4.78 is 13.9. The molecule has 24 heavy (non-hydrogen) atoms. The highest BCUT2D eigenvalue weighted by Crippen LogP contribution is 2.23. The summed E-state index contributed by atoms with van der Waals surface area (Å²) in [6.07, 6.45) is 4.66. The van der Waals surface area contributed by atoms with E-state index >= 15 is 0 Å². The molecule has 1 aliphatic rings. The highest BCUT2D eigenvalue weighted by Gasteiger charge is 2.13. The zero-order chi connectivity index (χ0) is 17.1. The van der Waals surface area contributed by atoms with E-state index in [9.17, 15) is 14.0 Å². The maximum atomic E-state index is 13.9. The van der Waals surface area contributed by atoms with Crippen LogP contribution in [0.1, 0.15) is 39.9 Å². The summed E-state index contributed by atoms with van der Waals surface area (Å²) in [6.45, 7) is 0. The molecule has 0 unspecified atom stereocenters. The number of fused-ring (bicyclic) bond motifs is 1. The average Bonchev–Trinajstić information content (AvgIpc) is 2.56. The van der Waals surface area contributed by atoms with E-state index in [4.69, 9.17) is 5.11 Å². The molecule has 4 nitrogen and oxygen atoms in total. The Morgan fingerprint density at radius 3 is 2.50 bits per heavy atom. The van der Waals surface area contributed by atoms with Crippen molar-refractivity contribution in [2.75, 3.05) is 5.32 Å². The van der Waals surface area contributed by atoms with Crippen molar-refractivity contribution in [3.05, 3.63) is 64.5 Å². The zero-order valence-electron chi connectivity index (χ0n) is 13.1. The van der Waals surface area contributed by atoms with Crippen LogP contribution in [-0.2, 0) is 24.1 Å². The summed E-state index contributed by atoms with van der Waals surface area (Å²) >= 11 is 0. The first-order chi connectivity index (χ1) is 11.5. The van der Waals surface area contributed by atoms with Gasteiger partial charge >= 0.3 is 5.97 Å². The lowest BCUT2D eigenvalue weighted by Crippen LogP contribution is -2.16. The van der Waals surface area contributed by atoms with Crippen LogP contribution < -0.4 is 5.32 Å². The van der Waals surface area contributed by atoms with Crippen LogP contribution in [0.4, 0.5) is 10.1 Å². The van der Waals surface area contributed by atoms with Crippen LogP contribution in [0.3, 0.4) is 0 Å². The van der Waals surface area contributed by atoms with Gasteiger partial charge in [0.05, 0.1) is 17.7 Å². The molecule has 2 aromatic rings. The van der Waals surface area contributed by atoms with E-state index in [1.165, 1.54) is 36.1 Å². The summed E-state index contributed by atoms with van der Waals surface area (Å²) in [7, 11) is 0. The van der Waals surface area contributed by atoms with Crippen molar-refractivity contribution < 1.29 is 19.1 Å². The first-order valence-electron chi connectivity index (χ1n) is 7.96. The Bertz CT molecular complexity index is 801. The van der Waals surface area contributed by atoms with Crippen LogP contribution in [0.2, 0.25) is 0 Å². The number of carboxylic acids is 1. The molecule has 0 bridgehead atoms. The van der Waals surface area contributed by atoms with E-state index in [0.717, 1.165) is 24.5 Å². The maximum Gasteiger partial charge on any atom is 0.335 e. The van der Waals surface area contributed by atoms with E-state index in [1.54, 1.807) is 0 Å². The molecule has 0 saturated heterocycles. The Balaban J connectivity index is 1.68. The highest BCUT2D eigenvalue weighted by molar-refractivity contribution is 5.93. The fourth-order valence-electron chi connectivity index (χ4n) is 3.03. The second-order valence-corrected chi connectivity index (χ2v) is 6.03. The number of anilines is 1. The Kier molecular flexibility index (Phi) is 4.60. The summed E-state index contributed by atoms with van der Waals surface area (Å²) in [5.41, 5.74) is 3.38. The van der Waals surface area contributed by atoms with Gasteiger partial charge in [-0.2, -0.15) is 0 Å². The molecule has 124 valence electrons. The number of amides is 1. The van der Waals surface area contributed by atoms with Crippen molar-refractivity contribution in [3.63, 3.8) is 0 Å². The molecule has 1 amide bonds. The molecule has 0 spiro atoms. The number of carboxylic acid groups (broad SMARTS) is 1. The van der Waals surface area contributed by atoms with Gasteiger partial charge in [-0.05, 0) is 60.6 Å². The first kappa shape index (κ1) is 16.2. The van der Waals surface area contributed by atoms with Crippen LogP contribution in [0, 0.1) is 5.82 Å². The van der Waals surface area contributed by atoms with Crippen molar-refractivity contribution >= 4 is 17.6 Å². The van der Waals surface area contributed by atoms with Crippen LogP contribution >= 0.6 is 0 Å². The van der Waals surface area contributed by atoms with E-state index in [1.807, 2.05) is 6.07 Å². The van der Waals surface area contributed by atoms with Crippen molar-refractivity contribution in [2.24, 2.45) is 0 Å². The van der Waals surface area contributed by atoms with Crippen molar-refractivity contribution in [2.45, 2.75) is 32.1 Å². The summed E-state index contributed by atoms with van der Waals surface area (Å²) in [5, 5.41) is 11.3. The molecule has 1 aliphatic carbocycles. The standard InChI is InChI=1S/C19H18FNO3/c20-16-11-15(19(23)24)7-8-17(16)21-18(22)10-12-5-6-13-3-1-2-4-14(13)9-12/h5-9,11H,1-4,10H2,(H,21,22)(H,23,24). The zero-order valence-corrected chi connectivity index (χ0v) is 13.1. The number of halogens is 1. The normalized spacial score (nSPS) is 13.2. The minimum Gasteiger partial charge on any atom is -0.478 e. The van der Waals surface area contributed by atoms with Crippen molar-refractivity contribution in [3.8, 4) is 0 Å². The number of rotatable bonds is 4. The lowest BCUT2D eigenvalue weighted by Gasteiger charge is -2.16. The van der Waals surface area contributed by atoms with Gasteiger partial charge in [-0.15, -0.1) is 0 Å². The molecule has 0 atom stereocenters. The predicted molar refractivity (Wildman–Crippen MR) is 88.8 cm³/mol. The molecule has 3 rings (SSSR count). The second kappa shape index (κ2) is 6.83. The molecule has 2 N–H and O–H groups in total. The Hall–Kier alpha value is -2.69. The monoisotopic (exact) mass is 327 g/mol. The Morgan fingerprint density at radius 2 is 1.79 bits per heavy atom. The first-order valence-corrected chi connectivity index (χ1v) is 7.96. The van der Waals surface area contributed by atoms with Crippen LogP contribution in [0.25, 0.3) is 0 Å². The van der Waals surface area contributed by atoms with E-state index in [-0.39, 0.29) is 23.6 Å². The summed E-state index contributed by atoms with van der Waals surface area (Å²) in [5.74, 6) is -2.29. The molecular weight excluding hydrogens is 309 g/mol. The highest BCUT2D eigenvalue weighted by atomic mass is 19.1. The summed E-state index contributed by atoms with van der Waals surface area (Å²) in [6, 6.07) is 9.49. The number of hydrogen-bond donors (Lipinski definition) is 2. The van der Waals surface area contributed by atoms with Gasteiger partial charge in [0.25, 0.3) is 0 Å². The lowest BCUT2D eigenvalue weighted by atomic mass is 9.90. The van der Waals surface area contributed by atoms with Gasteiger partial charge < -0.3 is 10.4 Å². The van der Waals surface area contributed by atoms with Crippen molar-refractivity contribution in [1.82, 2.24) is 0 Å². The largest absolute Gasteiger partial charge is 0.478 e. The minimum absolute atomic E-state index is 0.0111. The molecule has 0 aromatic heterocycles. The number of carbonyl (C=O) groups excluding carboxylic acids is 1. The topological polar surface area (TPSA) is 66.4 Å². The Morgan fingerprint density at radius 1 is 1.04 bits per heavy atom. The van der Waals surface area contributed by atoms with Gasteiger partial charge in [0.1, 0.15) is 5.82 Å². The minimum atomic E-state index is -1.21. The summed E-state index contributed by atoms with van der Waals surface area (Å²) in [4.78, 5) is 22.9. The van der Waals surface area contributed by atoms with Gasteiger partial charge in [-0.3, -0.25) is 4.79 Å². The fourth-order valence-corrected chi connectivity index (χ4v) is 3.03. The third kappa shape index (κ3) is 3.62.